The number of nitrogens with zero attached hydrogens (tertiary/aromatic N) is 7. The highest BCUT2D eigenvalue weighted by atomic mass is 127. The largest absolute Gasteiger partial charge is 0.368 e. The van der Waals surface area contributed by atoms with Crippen molar-refractivity contribution in [3.05, 3.63) is 48.5 Å². The molecule has 2 aromatic rings. The summed E-state index contributed by atoms with van der Waals surface area (Å²) in [7, 11) is 1.84. The third-order valence-corrected chi connectivity index (χ3v) is 5.90. The van der Waals surface area contributed by atoms with Crippen LogP contribution in [0.15, 0.2) is 47.7 Å². The Labute approximate surface area is 206 Å². The van der Waals surface area contributed by atoms with Crippen molar-refractivity contribution in [1.29, 1.82) is 0 Å². The van der Waals surface area contributed by atoms with Gasteiger partial charge in [0.15, 0.2) is 5.96 Å². The summed E-state index contributed by atoms with van der Waals surface area (Å²) in [6, 6.07) is 8.59. The van der Waals surface area contributed by atoms with Gasteiger partial charge in [-0.25, -0.2) is 14.4 Å². The summed E-state index contributed by atoms with van der Waals surface area (Å²) < 4.78 is 13.2. The molecule has 2 saturated heterocycles. The van der Waals surface area contributed by atoms with Gasteiger partial charge in [-0.2, -0.15) is 0 Å². The summed E-state index contributed by atoms with van der Waals surface area (Å²) in [5.74, 6) is 1.58. The first-order valence-corrected chi connectivity index (χ1v) is 10.9. The molecular weight excluding hydrogens is 522 g/mol. The van der Waals surface area contributed by atoms with Gasteiger partial charge in [0.25, 0.3) is 0 Å². The van der Waals surface area contributed by atoms with Crippen molar-refractivity contribution in [2.24, 2.45) is 4.99 Å². The van der Waals surface area contributed by atoms with E-state index in [-0.39, 0.29) is 29.8 Å². The zero-order valence-corrected chi connectivity index (χ0v) is 20.9. The van der Waals surface area contributed by atoms with Crippen molar-refractivity contribution in [1.82, 2.24) is 25.1 Å². The molecule has 0 atom stereocenters. The van der Waals surface area contributed by atoms with E-state index in [2.05, 4.69) is 39.9 Å². The lowest BCUT2D eigenvalue weighted by atomic mass is 10.2. The summed E-state index contributed by atoms with van der Waals surface area (Å²) in [6.45, 7) is 9.36. The van der Waals surface area contributed by atoms with Crippen molar-refractivity contribution >= 4 is 41.6 Å². The van der Waals surface area contributed by atoms with Gasteiger partial charge in [-0.3, -0.25) is 9.89 Å². The fourth-order valence-corrected chi connectivity index (χ4v) is 4.11. The highest BCUT2D eigenvalue weighted by Gasteiger charge is 2.21. The number of benzene rings is 1. The molecule has 0 bridgehead atoms. The van der Waals surface area contributed by atoms with E-state index < -0.39 is 0 Å². The minimum absolute atomic E-state index is 0. The second-order valence-electron chi connectivity index (χ2n) is 7.80. The number of nitrogens with one attached hydrogen (secondary N) is 1. The number of hydrogen-bond acceptors (Lipinski definition) is 6. The molecule has 0 unspecified atom stereocenters. The van der Waals surface area contributed by atoms with Crippen LogP contribution < -0.4 is 15.1 Å². The number of rotatable bonds is 5. The first-order valence-electron chi connectivity index (χ1n) is 10.9. The van der Waals surface area contributed by atoms with Gasteiger partial charge >= 0.3 is 0 Å². The fraction of sp³-hybridized carbons (Fsp3) is 0.500. The van der Waals surface area contributed by atoms with Gasteiger partial charge in [0.1, 0.15) is 5.82 Å². The van der Waals surface area contributed by atoms with E-state index in [4.69, 9.17) is 0 Å². The number of piperazine rings is 2. The van der Waals surface area contributed by atoms with E-state index in [1.54, 1.807) is 12.4 Å². The van der Waals surface area contributed by atoms with Crippen molar-refractivity contribution < 1.29 is 4.39 Å². The minimum atomic E-state index is -0.193. The molecule has 3 heterocycles. The predicted molar refractivity (Wildman–Crippen MR) is 138 cm³/mol. The van der Waals surface area contributed by atoms with Crippen LogP contribution in [-0.2, 0) is 0 Å². The van der Waals surface area contributed by atoms with E-state index in [0.29, 0.717) is 0 Å². The molecule has 174 valence electrons. The highest BCUT2D eigenvalue weighted by molar-refractivity contribution is 14.0. The molecule has 0 aliphatic carbocycles. The number of guanidine groups is 1. The van der Waals surface area contributed by atoms with Gasteiger partial charge in [0, 0.05) is 90.6 Å². The Bertz CT molecular complexity index is 835. The Morgan fingerprint density at radius 2 is 1.56 bits per heavy atom. The van der Waals surface area contributed by atoms with Crippen LogP contribution >= 0.6 is 24.0 Å². The molecular formula is C22H32FIN8. The molecule has 0 radical (unpaired) electrons. The Hall–Kier alpha value is -2.21. The van der Waals surface area contributed by atoms with E-state index in [1.165, 1.54) is 12.1 Å². The van der Waals surface area contributed by atoms with Crippen LogP contribution in [0.5, 0.6) is 0 Å². The maximum atomic E-state index is 13.2. The Balaban J connectivity index is 0.00000289. The molecule has 0 saturated carbocycles. The average molecular weight is 554 g/mol. The third-order valence-electron chi connectivity index (χ3n) is 5.90. The van der Waals surface area contributed by atoms with Crippen LogP contribution in [-0.4, -0.2) is 98.2 Å². The van der Waals surface area contributed by atoms with Crippen LogP contribution in [0.25, 0.3) is 0 Å². The lowest BCUT2D eigenvalue weighted by Crippen LogP contribution is -2.54. The second kappa shape index (κ2) is 12.1. The molecule has 1 N–H and O–H groups in total. The molecule has 4 rings (SSSR count). The normalized spacial score (nSPS) is 17.8. The second-order valence-corrected chi connectivity index (χ2v) is 7.80. The van der Waals surface area contributed by atoms with Gasteiger partial charge in [0.2, 0.25) is 5.95 Å². The molecule has 0 amide bonds. The van der Waals surface area contributed by atoms with Crippen molar-refractivity contribution in [3.63, 3.8) is 0 Å². The van der Waals surface area contributed by atoms with Crippen molar-refractivity contribution in [2.75, 3.05) is 82.3 Å². The van der Waals surface area contributed by atoms with Crippen LogP contribution in [0.4, 0.5) is 16.0 Å². The Kier molecular flexibility index (Phi) is 9.27. The standard InChI is InChI=1S/C22H31FN8.HI/c1-24-21(30-17-15-29(16-18-30)20-5-3-19(23)4-6-20)27-9-10-28-11-13-31(14-12-28)22-25-7-2-8-26-22;/h2-8H,9-18H2,1H3,(H,24,27);1H. The van der Waals surface area contributed by atoms with Gasteiger partial charge in [-0.1, -0.05) is 0 Å². The summed E-state index contributed by atoms with van der Waals surface area (Å²) in [4.78, 5) is 22.5. The summed E-state index contributed by atoms with van der Waals surface area (Å²) in [5, 5.41) is 3.52. The van der Waals surface area contributed by atoms with Crippen molar-refractivity contribution in [3.8, 4) is 0 Å². The van der Waals surface area contributed by atoms with Gasteiger partial charge in [-0.05, 0) is 30.3 Å². The number of aliphatic imine (C=N–C) groups is 1. The van der Waals surface area contributed by atoms with Crippen LogP contribution in [0, 0.1) is 5.82 Å². The minimum Gasteiger partial charge on any atom is -0.368 e. The molecule has 2 fully saturated rings. The first-order chi connectivity index (χ1) is 15.2. The molecule has 8 nitrogen and oxygen atoms in total. The third kappa shape index (κ3) is 6.41. The molecule has 1 aromatic carbocycles. The van der Waals surface area contributed by atoms with Gasteiger partial charge in [0.05, 0.1) is 0 Å². The summed E-state index contributed by atoms with van der Waals surface area (Å²) in [5.41, 5.74) is 1.07. The molecule has 2 aliphatic rings. The zero-order chi connectivity index (χ0) is 21.5. The SMILES string of the molecule is CN=C(NCCN1CCN(c2ncccn2)CC1)N1CCN(c2ccc(F)cc2)CC1.I. The zero-order valence-electron chi connectivity index (χ0n) is 18.5. The Morgan fingerprint density at radius 3 is 2.19 bits per heavy atom. The number of anilines is 2. The molecule has 2 aliphatic heterocycles. The van der Waals surface area contributed by atoms with Crippen LogP contribution in [0.3, 0.4) is 0 Å². The van der Waals surface area contributed by atoms with Crippen molar-refractivity contribution in [2.45, 2.75) is 0 Å². The van der Waals surface area contributed by atoms with E-state index >= 15 is 0 Å². The number of hydrogen-bond donors (Lipinski definition) is 1. The quantitative estimate of drug-likeness (QED) is 0.344. The molecule has 10 heteroatoms. The molecule has 0 spiro atoms. The van der Waals surface area contributed by atoms with E-state index in [9.17, 15) is 4.39 Å². The van der Waals surface area contributed by atoms with E-state index in [0.717, 1.165) is 83.0 Å². The maximum absolute atomic E-state index is 13.2. The lowest BCUT2D eigenvalue weighted by molar-refractivity contribution is 0.258. The summed E-state index contributed by atoms with van der Waals surface area (Å²) >= 11 is 0. The number of halogens is 2. The average Bonchev–Trinajstić information content (AvgIpc) is 2.84. The smallest absolute Gasteiger partial charge is 0.225 e. The van der Waals surface area contributed by atoms with Gasteiger partial charge < -0.3 is 20.0 Å². The maximum Gasteiger partial charge on any atom is 0.225 e. The fourth-order valence-electron chi connectivity index (χ4n) is 4.11. The van der Waals surface area contributed by atoms with Crippen LogP contribution in [0.1, 0.15) is 0 Å². The molecule has 32 heavy (non-hydrogen) atoms. The number of aromatic nitrogens is 2. The highest BCUT2D eigenvalue weighted by Crippen LogP contribution is 2.17. The topological polar surface area (TPSA) is 63.1 Å². The predicted octanol–water partition coefficient (Wildman–Crippen LogP) is 1.75. The molecule has 1 aromatic heterocycles. The monoisotopic (exact) mass is 554 g/mol. The lowest BCUT2D eigenvalue weighted by Gasteiger charge is -2.38. The Morgan fingerprint density at radius 1 is 0.938 bits per heavy atom. The van der Waals surface area contributed by atoms with Gasteiger partial charge in [-0.15, -0.1) is 24.0 Å². The summed E-state index contributed by atoms with van der Waals surface area (Å²) in [6.07, 6.45) is 3.59. The van der Waals surface area contributed by atoms with Crippen LogP contribution in [0.2, 0.25) is 0 Å². The van der Waals surface area contributed by atoms with E-state index in [1.807, 2.05) is 25.2 Å². The first kappa shape index (κ1) is 24.4.